The van der Waals surface area contributed by atoms with E-state index in [0.717, 1.165) is 11.4 Å². The van der Waals surface area contributed by atoms with Gasteiger partial charge in [0.2, 0.25) is 0 Å². The second kappa shape index (κ2) is 3.11. The first-order valence-electron chi connectivity index (χ1n) is 2.97. The topological polar surface area (TPSA) is 21.3 Å². The first-order valence-corrected chi connectivity index (χ1v) is 2.97. The molecule has 0 aliphatic heterocycles. The van der Waals surface area contributed by atoms with Gasteiger partial charge in [0.1, 0.15) is 5.75 Å². The zero-order valence-corrected chi connectivity index (χ0v) is 5.79. The molecule has 52 valence electrons. The van der Waals surface area contributed by atoms with Gasteiger partial charge in [-0.15, -0.1) is 0 Å². The van der Waals surface area contributed by atoms with Crippen LogP contribution in [0.25, 0.3) is 0 Å². The van der Waals surface area contributed by atoms with Crippen molar-refractivity contribution >= 4 is 5.69 Å². The number of rotatable bonds is 2. The van der Waals surface area contributed by atoms with E-state index in [1.54, 1.807) is 7.11 Å². The number of hydrogen-bond donors (Lipinski definition) is 1. The Morgan fingerprint density at radius 2 is 1.90 bits per heavy atom. The zero-order chi connectivity index (χ0) is 7.40. The van der Waals surface area contributed by atoms with Crippen LogP contribution in [0.3, 0.4) is 0 Å². The normalized spacial score (nSPS) is 9.00. The maximum absolute atomic E-state index is 5.15. The van der Waals surface area contributed by atoms with Crippen molar-refractivity contribution in [1.82, 2.24) is 0 Å². The summed E-state index contributed by atoms with van der Waals surface area (Å²) in [6, 6.07) is 7.38. The first-order chi connectivity index (χ1) is 4.86. The molecule has 0 spiro atoms. The summed E-state index contributed by atoms with van der Waals surface area (Å²) in [5, 5.41) is 2.52. The molecular formula is C8H9NO. The molecular weight excluding hydrogens is 126 g/mol. The summed E-state index contributed by atoms with van der Waals surface area (Å²) in [5.74, 6) is 0.832. The van der Waals surface area contributed by atoms with E-state index in [4.69, 9.17) is 11.8 Å². The molecule has 2 nitrogen and oxygen atoms in total. The van der Waals surface area contributed by atoms with E-state index >= 15 is 0 Å². The van der Waals surface area contributed by atoms with Gasteiger partial charge in [-0.05, 0) is 24.3 Å². The van der Waals surface area contributed by atoms with Gasteiger partial charge in [-0.3, -0.25) is 0 Å². The standard InChI is InChI=1S/C8H9NO/c1-9-7-3-5-8(10-2)6-4-7/h1,3-6,9H,2H3. The summed E-state index contributed by atoms with van der Waals surface area (Å²) in [6.07, 6.45) is 0. The van der Waals surface area contributed by atoms with Crippen molar-refractivity contribution < 1.29 is 4.74 Å². The van der Waals surface area contributed by atoms with Crippen LogP contribution in [0.1, 0.15) is 0 Å². The largest absolute Gasteiger partial charge is 0.497 e. The number of ether oxygens (including phenoxy) is 1. The van der Waals surface area contributed by atoms with E-state index in [2.05, 4.69) is 5.32 Å². The van der Waals surface area contributed by atoms with Crippen LogP contribution in [-0.2, 0) is 0 Å². The highest BCUT2D eigenvalue weighted by Gasteiger charge is 1.88. The van der Waals surface area contributed by atoms with Crippen LogP contribution in [0.5, 0.6) is 5.75 Å². The average Bonchev–Trinajstić information content (AvgIpc) is 2.05. The molecule has 0 saturated carbocycles. The van der Waals surface area contributed by atoms with Crippen LogP contribution in [0, 0.1) is 7.05 Å². The Labute approximate surface area is 60.8 Å². The number of anilines is 1. The Hall–Kier alpha value is -1.18. The van der Waals surface area contributed by atoms with Gasteiger partial charge in [0.15, 0.2) is 0 Å². The Balaban J connectivity index is 2.80. The quantitative estimate of drug-likeness (QED) is 0.624. The van der Waals surface area contributed by atoms with Crippen LogP contribution in [0.15, 0.2) is 24.3 Å². The van der Waals surface area contributed by atoms with Crippen molar-refractivity contribution in [2.75, 3.05) is 12.4 Å². The zero-order valence-electron chi connectivity index (χ0n) is 5.79. The van der Waals surface area contributed by atoms with E-state index in [9.17, 15) is 0 Å². The predicted molar refractivity (Wildman–Crippen MR) is 40.9 cm³/mol. The van der Waals surface area contributed by atoms with E-state index in [1.807, 2.05) is 24.3 Å². The maximum atomic E-state index is 5.15. The lowest BCUT2D eigenvalue weighted by atomic mass is 10.3. The third-order valence-corrected chi connectivity index (χ3v) is 1.26. The van der Waals surface area contributed by atoms with Crippen LogP contribution < -0.4 is 10.1 Å². The van der Waals surface area contributed by atoms with Gasteiger partial charge in [0, 0.05) is 5.69 Å². The van der Waals surface area contributed by atoms with Gasteiger partial charge in [-0.1, -0.05) is 0 Å². The molecule has 0 unspecified atom stereocenters. The van der Waals surface area contributed by atoms with E-state index in [1.165, 1.54) is 0 Å². The Morgan fingerprint density at radius 1 is 1.30 bits per heavy atom. The van der Waals surface area contributed by atoms with Crippen molar-refractivity contribution in [2.24, 2.45) is 0 Å². The number of benzene rings is 1. The lowest BCUT2D eigenvalue weighted by Gasteiger charge is -2.00. The Kier molecular flexibility index (Phi) is 2.15. The molecule has 2 radical (unpaired) electrons. The van der Waals surface area contributed by atoms with Gasteiger partial charge in [-0.25, -0.2) is 0 Å². The molecule has 1 N–H and O–H groups in total. The summed E-state index contributed by atoms with van der Waals surface area (Å²) in [6.45, 7) is 0. The number of hydrogen-bond acceptors (Lipinski definition) is 2. The smallest absolute Gasteiger partial charge is 0.119 e. The third kappa shape index (κ3) is 1.41. The summed E-state index contributed by atoms with van der Waals surface area (Å²) >= 11 is 0. The maximum Gasteiger partial charge on any atom is 0.119 e. The highest BCUT2D eigenvalue weighted by molar-refractivity contribution is 5.46. The van der Waals surface area contributed by atoms with Crippen molar-refractivity contribution in [3.8, 4) is 5.75 Å². The molecule has 0 atom stereocenters. The van der Waals surface area contributed by atoms with E-state index < -0.39 is 0 Å². The molecule has 10 heavy (non-hydrogen) atoms. The molecule has 0 fully saturated rings. The van der Waals surface area contributed by atoms with Crippen molar-refractivity contribution in [3.63, 3.8) is 0 Å². The van der Waals surface area contributed by atoms with Crippen molar-refractivity contribution in [2.45, 2.75) is 0 Å². The summed E-state index contributed by atoms with van der Waals surface area (Å²) in [7, 11) is 6.78. The van der Waals surface area contributed by atoms with Crippen LogP contribution in [0.4, 0.5) is 5.69 Å². The first kappa shape index (κ1) is 6.93. The molecule has 0 aliphatic rings. The van der Waals surface area contributed by atoms with Crippen molar-refractivity contribution in [3.05, 3.63) is 31.3 Å². The number of methoxy groups -OCH3 is 1. The van der Waals surface area contributed by atoms with E-state index in [-0.39, 0.29) is 0 Å². The van der Waals surface area contributed by atoms with Gasteiger partial charge in [-0.2, -0.15) is 0 Å². The fourth-order valence-electron chi connectivity index (χ4n) is 0.687. The molecule has 0 amide bonds. The number of nitrogens with one attached hydrogen (secondary N) is 1. The molecule has 0 bridgehead atoms. The Bertz CT molecular complexity index is 170. The highest BCUT2D eigenvalue weighted by atomic mass is 16.5. The molecule has 2 heteroatoms. The molecule has 1 aromatic carbocycles. The van der Waals surface area contributed by atoms with Gasteiger partial charge in [0.25, 0.3) is 0 Å². The van der Waals surface area contributed by atoms with Gasteiger partial charge < -0.3 is 10.1 Å². The summed E-state index contributed by atoms with van der Waals surface area (Å²) in [5.41, 5.74) is 0.876. The van der Waals surface area contributed by atoms with Crippen molar-refractivity contribution in [1.29, 1.82) is 0 Å². The second-order valence-corrected chi connectivity index (χ2v) is 1.87. The van der Waals surface area contributed by atoms with Gasteiger partial charge >= 0.3 is 0 Å². The van der Waals surface area contributed by atoms with Crippen LogP contribution in [0.2, 0.25) is 0 Å². The summed E-state index contributed by atoms with van der Waals surface area (Å²) < 4.78 is 4.95. The highest BCUT2D eigenvalue weighted by Crippen LogP contribution is 2.13. The Morgan fingerprint density at radius 3 is 2.30 bits per heavy atom. The van der Waals surface area contributed by atoms with Crippen LogP contribution in [-0.4, -0.2) is 7.11 Å². The van der Waals surface area contributed by atoms with Gasteiger partial charge in [0.05, 0.1) is 14.2 Å². The van der Waals surface area contributed by atoms with E-state index in [0.29, 0.717) is 0 Å². The SMILES string of the molecule is [CH]Nc1ccc(OC)cc1. The molecule has 0 saturated heterocycles. The minimum absolute atomic E-state index is 0.832. The molecule has 1 rings (SSSR count). The summed E-state index contributed by atoms with van der Waals surface area (Å²) in [4.78, 5) is 0. The predicted octanol–water partition coefficient (Wildman–Crippen LogP) is 1.78. The third-order valence-electron chi connectivity index (χ3n) is 1.26. The lowest BCUT2D eigenvalue weighted by molar-refractivity contribution is 0.415. The molecule has 1 aromatic rings. The minimum Gasteiger partial charge on any atom is -0.497 e. The average molecular weight is 135 g/mol. The second-order valence-electron chi connectivity index (χ2n) is 1.87. The fourth-order valence-corrected chi connectivity index (χ4v) is 0.687. The lowest BCUT2D eigenvalue weighted by Crippen LogP contribution is -1.85. The molecule has 0 heterocycles. The molecule has 0 aromatic heterocycles. The minimum atomic E-state index is 0.832. The monoisotopic (exact) mass is 135 g/mol. The molecule has 0 aliphatic carbocycles. The fraction of sp³-hybridized carbons (Fsp3) is 0.125. The van der Waals surface area contributed by atoms with Crippen LogP contribution >= 0.6 is 0 Å².